The molecule has 1 amide bonds. The van der Waals surface area contributed by atoms with E-state index in [0.29, 0.717) is 35.2 Å². The van der Waals surface area contributed by atoms with Crippen molar-refractivity contribution in [2.24, 2.45) is 0 Å². The summed E-state index contributed by atoms with van der Waals surface area (Å²) in [5.74, 6) is -0.557. The largest absolute Gasteiger partial charge is 0.494 e. The number of amides is 1. The summed E-state index contributed by atoms with van der Waals surface area (Å²) >= 11 is 0. The van der Waals surface area contributed by atoms with E-state index >= 15 is 0 Å². The monoisotopic (exact) mass is 573 g/mol. The second kappa shape index (κ2) is 13.1. The van der Waals surface area contributed by atoms with Crippen LogP contribution in [0, 0.1) is 5.82 Å². The van der Waals surface area contributed by atoms with E-state index in [1.165, 1.54) is 18.2 Å². The maximum atomic E-state index is 14.3. The lowest BCUT2D eigenvalue weighted by molar-refractivity contribution is -0.121. The number of ether oxygens (including phenoxy) is 1. The molecule has 0 bridgehead atoms. The van der Waals surface area contributed by atoms with Crippen molar-refractivity contribution in [3.8, 4) is 0 Å². The lowest BCUT2D eigenvalue weighted by atomic mass is 9.86. The van der Waals surface area contributed by atoms with Gasteiger partial charge in [-0.3, -0.25) is 9.78 Å². The van der Waals surface area contributed by atoms with Crippen LogP contribution >= 0.6 is 0 Å². The quantitative estimate of drug-likeness (QED) is 0.242. The number of nitrogens with zero attached hydrogens (tertiary/aromatic N) is 1. The molecule has 42 heavy (non-hydrogen) atoms. The van der Waals surface area contributed by atoms with Crippen LogP contribution in [0.15, 0.2) is 102 Å². The first-order valence-electron chi connectivity index (χ1n) is 14.1. The number of allylic oxidation sites excluding steroid dienone is 8. The van der Waals surface area contributed by atoms with E-state index in [1.807, 2.05) is 44.2 Å². The van der Waals surface area contributed by atoms with Gasteiger partial charge in [-0.1, -0.05) is 29.9 Å². The van der Waals surface area contributed by atoms with Crippen LogP contribution in [0.1, 0.15) is 61.9 Å². The van der Waals surface area contributed by atoms with Crippen molar-refractivity contribution >= 4 is 16.8 Å². The van der Waals surface area contributed by atoms with Gasteiger partial charge in [-0.15, -0.1) is 0 Å². The summed E-state index contributed by atoms with van der Waals surface area (Å²) in [5.41, 5.74) is 4.57. The lowest BCUT2D eigenvalue weighted by Crippen LogP contribution is -2.32. The number of aromatic nitrogens is 2. The summed E-state index contributed by atoms with van der Waals surface area (Å²) in [4.78, 5) is 21.2. The Morgan fingerprint density at radius 2 is 2.12 bits per heavy atom. The van der Waals surface area contributed by atoms with Gasteiger partial charge >= 0.3 is 0 Å². The number of rotatable bonds is 10. The average Bonchev–Trinajstić information content (AvgIpc) is 3.36. The zero-order valence-corrected chi connectivity index (χ0v) is 23.7. The molecule has 0 radical (unpaired) electrons. The average molecular weight is 574 g/mol. The molecular weight excluding hydrogens is 539 g/mol. The van der Waals surface area contributed by atoms with Crippen molar-refractivity contribution in [3.05, 3.63) is 125 Å². The van der Waals surface area contributed by atoms with Crippen LogP contribution in [-0.4, -0.2) is 28.7 Å². The van der Waals surface area contributed by atoms with Crippen LogP contribution in [0.3, 0.4) is 0 Å². The normalized spacial score (nSPS) is 19.6. The van der Waals surface area contributed by atoms with Gasteiger partial charge in [0, 0.05) is 42.1 Å². The summed E-state index contributed by atoms with van der Waals surface area (Å²) in [5, 5.41) is 3.70. The van der Waals surface area contributed by atoms with Crippen LogP contribution in [0.2, 0.25) is 0 Å². The number of hydrogen-bond acceptors (Lipinski definition) is 3. The molecule has 0 saturated heterocycles. The minimum Gasteiger partial charge on any atom is -0.494 e. The Morgan fingerprint density at radius 1 is 1.26 bits per heavy atom. The van der Waals surface area contributed by atoms with E-state index in [1.54, 1.807) is 18.5 Å². The highest BCUT2D eigenvalue weighted by Gasteiger charge is 2.27. The molecule has 218 valence electrons. The molecule has 2 aromatic heterocycles. The molecule has 2 heterocycles. The Labute approximate surface area is 243 Å². The number of pyridine rings is 1. The highest BCUT2D eigenvalue weighted by atomic mass is 19.1. The number of carbonyl (C=O) groups excluding carboxylic acids is 1. The van der Waals surface area contributed by atoms with Gasteiger partial charge < -0.3 is 15.0 Å². The van der Waals surface area contributed by atoms with Crippen molar-refractivity contribution in [3.63, 3.8) is 0 Å². The molecule has 0 aliphatic heterocycles. The van der Waals surface area contributed by atoms with Crippen LogP contribution in [0.4, 0.5) is 13.2 Å². The van der Waals surface area contributed by atoms with Gasteiger partial charge in [0.1, 0.15) is 24.4 Å². The number of nitrogens with one attached hydrogen (secondary N) is 2. The first-order valence-corrected chi connectivity index (χ1v) is 14.1. The van der Waals surface area contributed by atoms with Gasteiger partial charge in [-0.25, -0.2) is 13.2 Å². The number of benzene rings is 1. The zero-order chi connectivity index (χ0) is 29.6. The van der Waals surface area contributed by atoms with Crippen molar-refractivity contribution in [1.82, 2.24) is 15.3 Å². The van der Waals surface area contributed by atoms with Gasteiger partial charge in [0.05, 0.1) is 23.9 Å². The molecule has 3 aromatic rings. The van der Waals surface area contributed by atoms with Crippen LogP contribution in [0.5, 0.6) is 0 Å². The smallest absolute Gasteiger partial charge is 0.225 e. The van der Waals surface area contributed by atoms with Crippen molar-refractivity contribution in [1.29, 1.82) is 0 Å². The summed E-state index contributed by atoms with van der Waals surface area (Å²) in [7, 11) is 0. The molecule has 2 aliphatic carbocycles. The number of alkyl halides is 1. The van der Waals surface area contributed by atoms with Crippen LogP contribution in [0.25, 0.3) is 10.9 Å². The third kappa shape index (κ3) is 7.11. The van der Waals surface area contributed by atoms with Gasteiger partial charge in [0.2, 0.25) is 5.91 Å². The van der Waals surface area contributed by atoms with Crippen molar-refractivity contribution in [2.75, 3.05) is 6.61 Å². The SMILES string of the molecule is CC=C(C)COC1=CC=CC(c2cccnc2C(CC2=CC(F)=CC(F)C2)NC(=O)Cc2c[nH]c3ccc(F)cc23)C1. The number of halogens is 3. The van der Waals surface area contributed by atoms with Gasteiger partial charge in [0.25, 0.3) is 0 Å². The number of aromatic amines is 1. The molecule has 5 nitrogen and oxygen atoms in total. The topological polar surface area (TPSA) is 67.0 Å². The maximum Gasteiger partial charge on any atom is 0.225 e. The highest BCUT2D eigenvalue weighted by molar-refractivity contribution is 5.89. The number of H-pyrrole nitrogens is 1. The Morgan fingerprint density at radius 3 is 2.93 bits per heavy atom. The fourth-order valence-electron chi connectivity index (χ4n) is 5.41. The summed E-state index contributed by atoms with van der Waals surface area (Å²) in [6.07, 6.45) is 13.0. The fraction of sp³-hybridized carbons (Fsp3) is 0.294. The van der Waals surface area contributed by atoms with Crippen molar-refractivity contribution in [2.45, 2.75) is 57.7 Å². The van der Waals surface area contributed by atoms with E-state index in [0.717, 1.165) is 28.5 Å². The van der Waals surface area contributed by atoms with E-state index in [2.05, 4.69) is 21.4 Å². The van der Waals surface area contributed by atoms with Crippen molar-refractivity contribution < 1.29 is 22.7 Å². The third-order valence-corrected chi connectivity index (χ3v) is 7.65. The second-order valence-corrected chi connectivity index (χ2v) is 10.8. The third-order valence-electron chi connectivity index (χ3n) is 7.65. The van der Waals surface area contributed by atoms with E-state index in [9.17, 15) is 18.0 Å². The predicted octanol–water partition coefficient (Wildman–Crippen LogP) is 7.92. The molecule has 8 heteroatoms. The zero-order valence-electron chi connectivity index (χ0n) is 23.7. The Bertz CT molecular complexity index is 1610. The molecule has 0 saturated carbocycles. The molecule has 0 fully saturated rings. The van der Waals surface area contributed by atoms with E-state index in [-0.39, 0.29) is 31.1 Å². The Kier molecular flexibility index (Phi) is 9.10. The number of carbonyl (C=O) groups is 1. The summed E-state index contributed by atoms with van der Waals surface area (Å²) in [6.45, 7) is 4.48. The minimum atomic E-state index is -1.43. The molecule has 2 aliphatic rings. The van der Waals surface area contributed by atoms with E-state index in [4.69, 9.17) is 4.74 Å². The maximum absolute atomic E-state index is 14.3. The molecule has 1 aromatic carbocycles. The molecule has 2 N–H and O–H groups in total. The second-order valence-electron chi connectivity index (χ2n) is 10.8. The van der Waals surface area contributed by atoms with E-state index < -0.39 is 23.9 Å². The number of hydrogen-bond donors (Lipinski definition) is 2. The fourth-order valence-corrected chi connectivity index (χ4v) is 5.41. The molecule has 3 atom stereocenters. The minimum absolute atomic E-state index is 0.00444. The van der Waals surface area contributed by atoms with Gasteiger partial charge in [-0.2, -0.15) is 0 Å². The first-order chi connectivity index (χ1) is 20.3. The summed E-state index contributed by atoms with van der Waals surface area (Å²) < 4.78 is 48.4. The Balaban J connectivity index is 1.41. The van der Waals surface area contributed by atoms with Crippen LogP contribution in [-0.2, 0) is 16.0 Å². The van der Waals surface area contributed by atoms with Gasteiger partial charge in [-0.05, 0) is 79.5 Å². The summed E-state index contributed by atoms with van der Waals surface area (Å²) in [6, 6.07) is 7.55. The molecule has 5 rings (SSSR count). The van der Waals surface area contributed by atoms with Gasteiger partial charge in [0.15, 0.2) is 0 Å². The highest BCUT2D eigenvalue weighted by Crippen LogP contribution is 2.36. The number of fused-ring (bicyclic) bond motifs is 1. The predicted molar refractivity (Wildman–Crippen MR) is 158 cm³/mol. The lowest BCUT2D eigenvalue weighted by Gasteiger charge is -2.27. The molecule has 0 spiro atoms. The molecule has 3 unspecified atom stereocenters. The Hall–Kier alpha value is -4.33. The first kappa shape index (κ1) is 29.2. The standard InChI is InChI=1S/C34H34F3N3O2/c1-3-21(2)20-42-28-7-4-6-23(15-28)29-8-5-11-38-34(29)32(14-22-12-26(36)17-27(37)13-22)40-33(41)16-24-19-39-31-10-9-25(35)18-30(24)31/h3-12,17-19,23,27,32,39H,13-16,20H2,1-2H3,(H,40,41). The molecular formula is C34H34F3N3O2. The van der Waals surface area contributed by atoms with Crippen LogP contribution < -0.4 is 5.32 Å².